The van der Waals surface area contributed by atoms with Crippen molar-refractivity contribution in [3.05, 3.63) is 111 Å². The van der Waals surface area contributed by atoms with Gasteiger partial charge in [-0.25, -0.2) is 8.96 Å². The zero-order valence-corrected chi connectivity index (χ0v) is 29.1. The molecule has 2 heterocycles. The van der Waals surface area contributed by atoms with Gasteiger partial charge in [-0.3, -0.25) is 14.1 Å². The standard InChI is InChI=1S/C36H39FN3O8P/c1-20(2)23-8-11-26(12-9-23)38-34(41)30-17-28-29(18-40(7)35(42)32(28)39-30)27-16-24(36(5,6)46-19-47-49(43,44)45)10-13-31(27)48-33-21(3)14-25(37)15-22(33)4/h8-18,20,39H,19H2,1-7H3,(H,38,41)(H2,43,44,45). The monoisotopic (exact) mass is 691 g/mol. The minimum atomic E-state index is -4.77. The highest BCUT2D eigenvalue weighted by molar-refractivity contribution is 7.46. The van der Waals surface area contributed by atoms with E-state index in [1.807, 2.05) is 24.3 Å². The number of anilines is 1. The van der Waals surface area contributed by atoms with E-state index in [0.29, 0.717) is 56.3 Å². The molecule has 0 unspecified atom stereocenters. The number of carbonyl (C=O) groups excluding carboxylic acids is 1. The van der Waals surface area contributed by atoms with Gasteiger partial charge >= 0.3 is 7.82 Å². The predicted octanol–water partition coefficient (Wildman–Crippen LogP) is 7.78. The first-order valence-electron chi connectivity index (χ1n) is 15.5. The maximum Gasteiger partial charge on any atom is 0.471 e. The van der Waals surface area contributed by atoms with Crippen LogP contribution < -0.4 is 15.6 Å². The van der Waals surface area contributed by atoms with Crippen LogP contribution in [0.1, 0.15) is 66.4 Å². The van der Waals surface area contributed by atoms with Gasteiger partial charge in [0.2, 0.25) is 0 Å². The molecular formula is C36H39FN3O8P. The number of hydrogen-bond acceptors (Lipinski definition) is 6. The third-order valence-electron chi connectivity index (χ3n) is 8.29. The fourth-order valence-corrected chi connectivity index (χ4v) is 5.71. The van der Waals surface area contributed by atoms with Gasteiger partial charge < -0.3 is 34.1 Å². The Bertz CT molecular complexity index is 2130. The fraction of sp³-hybridized carbons (Fsp3) is 0.278. The highest BCUT2D eigenvalue weighted by Gasteiger charge is 2.27. The van der Waals surface area contributed by atoms with Gasteiger partial charge in [-0.2, -0.15) is 0 Å². The number of nitrogens with one attached hydrogen (secondary N) is 2. The number of phosphoric ester groups is 1. The van der Waals surface area contributed by atoms with Crippen molar-refractivity contribution in [3.8, 4) is 22.6 Å². The van der Waals surface area contributed by atoms with Crippen LogP contribution in [0.2, 0.25) is 0 Å². The van der Waals surface area contributed by atoms with Crippen molar-refractivity contribution >= 4 is 30.3 Å². The highest BCUT2D eigenvalue weighted by Crippen LogP contribution is 2.42. The molecule has 0 saturated heterocycles. The SMILES string of the molecule is Cc1cc(F)cc(C)c1Oc1ccc(C(C)(C)OCOP(=O)(O)O)cc1-c1cn(C)c(=O)c2[nH]c(C(=O)Nc3ccc(C(C)C)cc3)cc12. The third-order valence-corrected chi connectivity index (χ3v) is 8.73. The molecule has 49 heavy (non-hydrogen) atoms. The van der Waals surface area contributed by atoms with Gasteiger partial charge in [-0.15, -0.1) is 0 Å². The fourth-order valence-electron chi connectivity index (χ4n) is 5.52. The van der Waals surface area contributed by atoms with E-state index < -0.39 is 31.9 Å². The number of hydrogen-bond donors (Lipinski definition) is 4. The Morgan fingerprint density at radius 2 is 1.67 bits per heavy atom. The van der Waals surface area contributed by atoms with Crippen molar-refractivity contribution in [2.45, 2.75) is 53.1 Å². The molecule has 0 atom stereocenters. The van der Waals surface area contributed by atoms with Gasteiger partial charge in [0, 0.05) is 35.4 Å². The van der Waals surface area contributed by atoms with Crippen LogP contribution in [0.15, 0.2) is 71.7 Å². The number of carbonyl (C=O) groups is 1. The van der Waals surface area contributed by atoms with Gasteiger partial charge in [-0.05, 0) is 98.3 Å². The molecule has 13 heteroatoms. The average Bonchev–Trinajstić information content (AvgIpc) is 3.46. The molecule has 0 radical (unpaired) electrons. The number of pyridine rings is 1. The molecule has 5 rings (SSSR count). The van der Waals surface area contributed by atoms with Gasteiger partial charge in [0.05, 0.1) is 5.60 Å². The van der Waals surface area contributed by atoms with E-state index in [1.54, 1.807) is 65.2 Å². The molecule has 11 nitrogen and oxygen atoms in total. The number of aryl methyl sites for hydroxylation is 3. The van der Waals surface area contributed by atoms with Gasteiger partial charge in [0.15, 0.2) is 6.79 Å². The summed E-state index contributed by atoms with van der Waals surface area (Å²) in [7, 11) is -3.18. The van der Waals surface area contributed by atoms with Gasteiger partial charge in [0.25, 0.3) is 11.5 Å². The lowest BCUT2D eigenvalue weighted by Crippen LogP contribution is -2.23. The number of phosphoric acid groups is 1. The van der Waals surface area contributed by atoms with Crippen LogP contribution in [0.25, 0.3) is 22.0 Å². The summed E-state index contributed by atoms with van der Waals surface area (Å²) in [5.74, 6) is 0.300. The van der Waals surface area contributed by atoms with Crippen LogP contribution in [0, 0.1) is 19.7 Å². The number of benzene rings is 3. The summed E-state index contributed by atoms with van der Waals surface area (Å²) in [6.07, 6.45) is 1.63. The minimum Gasteiger partial charge on any atom is -0.456 e. The lowest BCUT2D eigenvalue weighted by atomic mass is 9.92. The largest absolute Gasteiger partial charge is 0.471 e. The summed E-state index contributed by atoms with van der Waals surface area (Å²) >= 11 is 0. The molecule has 0 aliphatic rings. The van der Waals surface area contributed by atoms with E-state index in [0.717, 1.165) is 5.56 Å². The molecule has 0 aliphatic heterocycles. The zero-order valence-electron chi connectivity index (χ0n) is 28.3. The van der Waals surface area contributed by atoms with E-state index in [1.165, 1.54) is 16.7 Å². The molecule has 2 aromatic heterocycles. The summed E-state index contributed by atoms with van der Waals surface area (Å²) in [5.41, 5.74) is 3.36. The van der Waals surface area contributed by atoms with Crippen molar-refractivity contribution in [2.24, 2.45) is 7.05 Å². The molecule has 3 aromatic carbocycles. The second kappa shape index (κ2) is 13.7. The van der Waals surface area contributed by atoms with Crippen LogP contribution in [-0.4, -0.2) is 32.0 Å². The predicted molar refractivity (Wildman–Crippen MR) is 186 cm³/mol. The topological polar surface area (TPSA) is 152 Å². The average molecular weight is 692 g/mol. The summed E-state index contributed by atoms with van der Waals surface area (Å²) in [6.45, 7) is 10.3. The molecule has 0 bridgehead atoms. The molecule has 0 saturated carbocycles. The maximum absolute atomic E-state index is 14.2. The third kappa shape index (κ3) is 8.01. The molecule has 1 amide bonds. The second-order valence-electron chi connectivity index (χ2n) is 12.7. The number of aromatic nitrogens is 2. The first-order chi connectivity index (χ1) is 22.9. The Balaban J connectivity index is 1.63. The number of halogens is 1. The Hall–Kier alpha value is -4.58. The first kappa shape index (κ1) is 35.7. The first-order valence-corrected chi connectivity index (χ1v) is 17.0. The quantitative estimate of drug-likeness (QED) is 0.0810. The Labute approximate surface area is 282 Å². The number of ether oxygens (including phenoxy) is 2. The van der Waals surface area contributed by atoms with Crippen LogP contribution in [-0.2, 0) is 26.5 Å². The Morgan fingerprint density at radius 3 is 2.29 bits per heavy atom. The van der Waals surface area contributed by atoms with Crippen LogP contribution in [0.3, 0.4) is 0 Å². The van der Waals surface area contributed by atoms with Crippen LogP contribution >= 0.6 is 7.82 Å². The summed E-state index contributed by atoms with van der Waals surface area (Å²) in [5, 5.41) is 3.33. The van der Waals surface area contributed by atoms with Crippen LogP contribution in [0.5, 0.6) is 11.5 Å². The van der Waals surface area contributed by atoms with Crippen molar-refractivity contribution in [3.63, 3.8) is 0 Å². The Kier molecular flexibility index (Phi) is 10.0. The summed E-state index contributed by atoms with van der Waals surface area (Å²) in [6, 6.07) is 17.1. The van der Waals surface area contributed by atoms with Crippen molar-refractivity contribution < 1.29 is 37.5 Å². The molecule has 5 aromatic rings. The van der Waals surface area contributed by atoms with Gasteiger partial charge in [0.1, 0.15) is 28.5 Å². The number of fused-ring (bicyclic) bond motifs is 1. The van der Waals surface area contributed by atoms with E-state index in [4.69, 9.17) is 19.3 Å². The van der Waals surface area contributed by atoms with Gasteiger partial charge in [-0.1, -0.05) is 32.0 Å². The normalized spacial score (nSPS) is 12.1. The van der Waals surface area contributed by atoms with Crippen molar-refractivity contribution in [1.82, 2.24) is 9.55 Å². The highest BCUT2D eigenvalue weighted by atomic mass is 31.2. The lowest BCUT2D eigenvalue weighted by molar-refractivity contribution is -0.0976. The van der Waals surface area contributed by atoms with Crippen molar-refractivity contribution in [2.75, 3.05) is 12.1 Å². The number of nitrogens with zero attached hydrogens (tertiary/aromatic N) is 1. The molecule has 258 valence electrons. The second-order valence-corrected chi connectivity index (χ2v) is 14.0. The number of aromatic amines is 1. The lowest BCUT2D eigenvalue weighted by Gasteiger charge is -2.27. The summed E-state index contributed by atoms with van der Waals surface area (Å²) < 4.78 is 43.5. The number of H-pyrrole nitrogens is 1. The molecule has 0 fully saturated rings. The summed E-state index contributed by atoms with van der Waals surface area (Å²) in [4.78, 5) is 48.0. The Morgan fingerprint density at radius 1 is 1.02 bits per heavy atom. The molecule has 4 N–H and O–H groups in total. The number of amides is 1. The molecule has 0 aliphatic carbocycles. The maximum atomic E-state index is 14.2. The number of rotatable bonds is 11. The minimum absolute atomic E-state index is 0.162. The molecule has 0 spiro atoms. The molecular weight excluding hydrogens is 652 g/mol. The van der Waals surface area contributed by atoms with E-state index >= 15 is 0 Å². The van der Waals surface area contributed by atoms with E-state index in [2.05, 4.69) is 28.7 Å². The smallest absolute Gasteiger partial charge is 0.456 e. The van der Waals surface area contributed by atoms with Crippen molar-refractivity contribution in [1.29, 1.82) is 0 Å². The van der Waals surface area contributed by atoms with Crippen LogP contribution in [0.4, 0.5) is 10.1 Å². The van der Waals surface area contributed by atoms with E-state index in [-0.39, 0.29) is 16.8 Å². The zero-order chi connectivity index (χ0) is 35.8. The van der Waals surface area contributed by atoms with E-state index in [9.17, 15) is 18.5 Å².